The lowest BCUT2D eigenvalue weighted by atomic mass is 9.85. The molecule has 0 spiro atoms. The van der Waals surface area contributed by atoms with Gasteiger partial charge in [-0.25, -0.2) is 0 Å². The molecule has 3 unspecified atom stereocenters. The Labute approximate surface area is 168 Å². The van der Waals surface area contributed by atoms with Gasteiger partial charge in [0.05, 0.1) is 6.10 Å². The summed E-state index contributed by atoms with van der Waals surface area (Å²) in [5.41, 5.74) is 6.97. The van der Waals surface area contributed by atoms with E-state index in [1.165, 1.54) is 0 Å². The smallest absolute Gasteiger partial charge is 0.225 e. The van der Waals surface area contributed by atoms with Gasteiger partial charge in [0.15, 0.2) is 0 Å². The molecule has 1 aliphatic heterocycles. The SMILES string of the molecule is Cl.Cl.NC1CCCC(C(=O)N2CCN(CC(O)c3ccccc3)CC2)C1. The fourth-order valence-electron chi connectivity index (χ4n) is 3.89. The average Bonchev–Trinajstić information content (AvgIpc) is 2.62. The third kappa shape index (κ3) is 6.10. The maximum Gasteiger partial charge on any atom is 0.225 e. The lowest BCUT2D eigenvalue weighted by Gasteiger charge is -2.38. The molecule has 2 fully saturated rings. The molecule has 26 heavy (non-hydrogen) atoms. The minimum atomic E-state index is -0.468. The molecule has 1 aliphatic carbocycles. The lowest BCUT2D eigenvalue weighted by molar-refractivity contribution is -0.138. The average molecular weight is 404 g/mol. The molecule has 0 aromatic heterocycles. The van der Waals surface area contributed by atoms with E-state index in [0.29, 0.717) is 6.54 Å². The van der Waals surface area contributed by atoms with Crippen LogP contribution < -0.4 is 5.73 Å². The van der Waals surface area contributed by atoms with Gasteiger partial charge in [-0.05, 0) is 24.8 Å². The molecule has 7 heteroatoms. The van der Waals surface area contributed by atoms with E-state index in [1.807, 2.05) is 35.2 Å². The van der Waals surface area contributed by atoms with Gasteiger partial charge in [0.25, 0.3) is 0 Å². The van der Waals surface area contributed by atoms with Crippen molar-refractivity contribution in [3.63, 3.8) is 0 Å². The van der Waals surface area contributed by atoms with Gasteiger partial charge in [-0.2, -0.15) is 0 Å². The van der Waals surface area contributed by atoms with Crippen molar-refractivity contribution in [1.29, 1.82) is 0 Å². The number of aliphatic hydroxyl groups excluding tert-OH is 1. The Morgan fingerprint density at radius 2 is 1.77 bits per heavy atom. The van der Waals surface area contributed by atoms with E-state index in [1.54, 1.807) is 0 Å². The normalized spacial score (nSPS) is 24.9. The van der Waals surface area contributed by atoms with Crippen LogP contribution in [-0.2, 0) is 4.79 Å². The highest BCUT2D eigenvalue weighted by atomic mass is 35.5. The first-order valence-corrected chi connectivity index (χ1v) is 9.13. The largest absolute Gasteiger partial charge is 0.387 e. The first-order chi connectivity index (χ1) is 11.6. The number of halogens is 2. The number of β-amino-alcohol motifs (C(OH)–C–C–N with tert-alkyl or cyclic N) is 1. The van der Waals surface area contributed by atoms with E-state index in [0.717, 1.165) is 57.4 Å². The van der Waals surface area contributed by atoms with Crippen LogP contribution in [0.2, 0.25) is 0 Å². The van der Waals surface area contributed by atoms with E-state index < -0.39 is 6.10 Å². The number of benzene rings is 1. The third-order valence-corrected chi connectivity index (χ3v) is 5.36. The quantitative estimate of drug-likeness (QED) is 0.808. The minimum Gasteiger partial charge on any atom is -0.387 e. The molecular formula is C19H31Cl2N3O2. The summed E-state index contributed by atoms with van der Waals surface area (Å²) in [6.45, 7) is 3.79. The second kappa shape index (κ2) is 11.1. The van der Waals surface area contributed by atoms with Crippen LogP contribution in [0.5, 0.6) is 0 Å². The summed E-state index contributed by atoms with van der Waals surface area (Å²) in [6, 6.07) is 9.95. The number of hydrogen-bond acceptors (Lipinski definition) is 4. The molecule has 3 N–H and O–H groups in total. The van der Waals surface area contributed by atoms with Crippen molar-refractivity contribution < 1.29 is 9.90 Å². The second-order valence-corrected chi connectivity index (χ2v) is 7.18. The van der Waals surface area contributed by atoms with E-state index in [4.69, 9.17) is 5.73 Å². The number of rotatable bonds is 4. The van der Waals surface area contributed by atoms with Crippen molar-refractivity contribution in [3.05, 3.63) is 35.9 Å². The van der Waals surface area contributed by atoms with Crippen LogP contribution in [0.4, 0.5) is 0 Å². The molecule has 1 aromatic rings. The number of aliphatic hydroxyl groups is 1. The Kier molecular flexibility index (Phi) is 9.90. The number of nitrogens with two attached hydrogens (primary N) is 1. The van der Waals surface area contributed by atoms with E-state index in [9.17, 15) is 9.90 Å². The van der Waals surface area contributed by atoms with Gasteiger partial charge in [-0.15, -0.1) is 24.8 Å². The number of nitrogens with zero attached hydrogens (tertiary/aromatic N) is 2. The van der Waals surface area contributed by atoms with Crippen molar-refractivity contribution in [2.75, 3.05) is 32.7 Å². The van der Waals surface area contributed by atoms with E-state index >= 15 is 0 Å². The van der Waals surface area contributed by atoms with E-state index in [2.05, 4.69) is 4.90 Å². The summed E-state index contributed by atoms with van der Waals surface area (Å²) < 4.78 is 0. The summed E-state index contributed by atoms with van der Waals surface area (Å²) >= 11 is 0. The van der Waals surface area contributed by atoms with Gasteiger partial charge in [0.2, 0.25) is 5.91 Å². The minimum absolute atomic E-state index is 0. The molecule has 1 saturated heterocycles. The van der Waals surface area contributed by atoms with Crippen LogP contribution in [0, 0.1) is 5.92 Å². The Balaban J connectivity index is 0.00000169. The second-order valence-electron chi connectivity index (χ2n) is 7.18. The molecule has 1 amide bonds. The topological polar surface area (TPSA) is 69.8 Å². The lowest BCUT2D eigenvalue weighted by Crippen LogP contribution is -2.51. The fraction of sp³-hybridized carbons (Fsp3) is 0.632. The number of amides is 1. The maximum atomic E-state index is 12.7. The number of carbonyl (C=O) groups excluding carboxylic acids is 1. The zero-order chi connectivity index (χ0) is 16.9. The summed E-state index contributed by atoms with van der Waals surface area (Å²) in [4.78, 5) is 16.9. The fourth-order valence-corrected chi connectivity index (χ4v) is 3.89. The molecule has 5 nitrogen and oxygen atoms in total. The van der Waals surface area contributed by atoms with Crippen molar-refractivity contribution in [2.45, 2.75) is 37.8 Å². The van der Waals surface area contributed by atoms with E-state index in [-0.39, 0.29) is 42.7 Å². The van der Waals surface area contributed by atoms with Gasteiger partial charge in [0.1, 0.15) is 0 Å². The first-order valence-electron chi connectivity index (χ1n) is 9.13. The highest BCUT2D eigenvalue weighted by Gasteiger charge is 2.31. The van der Waals surface area contributed by atoms with Gasteiger partial charge in [-0.1, -0.05) is 36.8 Å². The highest BCUT2D eigenvalue weighted by molar-refractivity contribution is 5.85. The summed E-state index contributed by atoms with van der Waals surface area (Å²) in [5.74, 6) is 0.406. The van der Waals surface area contributed by atoms with Crippen LogP contribution in [0.15, 0.2) is 30.3 Å². The van der Waals surface area contributed by atoms with Gasteiger partial charge < -0.3 is 15.7 Å². The van der Waals surface area contributed by atoms with Crippen molar-refractivity contribution in [3.8, 4) is 0 Å². The Morgan fingerprint density at radius 3 is 2.38 bits per heavy atom. The van der Waals surface area contributed by atoms with Crippen LogP contribution in [0.25, 0.3) is 0 Å². The zero-order valence-electron chi connectivity index (χ0n) is 15.1. The summed E-state index contributed by atoms with van der Waals surface area (Å²) in [7, 11) is 0. The molecule has 0 bridgehead atoms. The predicted molar refractivity (Wildman–Crippen MR) is 109 cm³/mol. The van der Waals surface area contributed by atoms with Crippen molar-refractivity contribution in [2.24, 2.45) is 11.7 Å². The van der Waals surface area contributed by atoms with Crippen molar-refractivity contribution >= 4 is 30.7 Å². The van der Waals surface area contributed by atoms with Crippen molar-refractivity contribution in [1.82, 2.24) is 9.80 Å². The maximum absolute atomic E-state index is 12.7. The van der Waals surface area contributed by atoms with Crippen LogP contribution >= 0.6 is 24.8 Å². The first kappa shape index (κ1) is 23.2. The molecule has 2 aliphatic rings. The zero-order valence-corrected chi connectivity index (χ0v) is 16.8. The summed E-state index contributed by atoms with van der Waals surface area (Å²) in [6.07, 6.45) is 3.48. The third-order valence-electron chi connectivity index (χ3n) is 5.36. The standard InChI is InChI=1S/C19H29N3O2.2ClH/c20-17-8-4-7-16(13-17)19(24)22-11-9-21(10-12-22)14-18(23)15-5-2-1-3-6-15;;/h1-3,5-6,16-18,23H,4,7-14,20H2;2*1H. The van der Waals surface area contributed by atoms with Crippen LogP contribution in [0.1, 0.15) is 37.4 Å². The molecular weight excluding hydrogens is 373 g/mol. The molecule has 0 radical (unpaired) electrons. The Morgan fingerprint density at radius 1 is 1.12 bits per heavy atom. The monoisotopic (exact) mass is 403 g/mol. The van der Waals surface area contributed by atoms with Crippen LogP contribution in [-0.4, -0.2) is 59.6 Å². The molecule has 3 atom stereocenters. The van der Waals surface area contributed by atoms with Gasteiger partial charge in [0, 0.05) is 44.7 Å². The van der Waals surface area contributed by atoms with Gasteiger partial charge in [-0.3, -0.25) is 9.69 Å². The number of piperazine rings is 1. The molecule has 1 aromatic carbocycles. The summed E-state index contributed by atoms with van der Waals surface area (Å²) in [5, 5.41) is 10.3. The molecule has 3 rings (SSSR count). The number of carbonyl (C=O) groups is 1. The van der Waals surface area contributed by atoms with Gasteiger partial charge >= 0.3 is 0 Å². The molecule has 148 valence electrons. The molecule has 1 saturated carbocycles. The Hall–Kier alpha value is -0.850. The highest BCUT2D eigenvalue weighted by Crippen LogP contribution is 2.25. The molecule has 1 heterocycles. The number of hydrogen-bond donors (Lipinski definition) is 2. The Bertz CT molecular complexity index is 539. The predicted octanol–water partition coefficient (Wildman–Crippen LogP) is 2.23. The van der Waals surface area contributed by atoms with Crippen LogP contribution in [0.3, 0.4) is 0 Å².